The maximum Gasteiger partial charge on any atom is 0.302 e. The highest BCUT2D eigenvalue weighted by atomic mass is 32.1. The highest BCUT2D eigenvalue weighted by Crippen LogP contribution is 2.49. The van der Waals surface area contributed by atoms with Crippen LogP contribution in [0.15, 0.2) is 23.7 Å². The molecule has 1 saturated carbocycles. The Labute approximate surface area is 139 Å². The van der Waals surface area contributed by atoms with E-state index in [1.165, 1.54) is 0 Å². The van der Waals surface area contributed by atoms with Gasteiger partial charge in [-0.15, -0.1) is 11.3 Å². The number of carbonyl (C=O) groups excluding carboxylic acids is 2. The van der Waals surface area contributed by atoms with Crippen molar-refractivity contribution in [3.63, 3.8) is 0 Å². The van der Waals surface area contributed by atoms with Crippen molar-refractivity contribution in [3.8, 4) is 0 Å². The van der Waals surface area contributed by atoms with Crippen molar-refractivity contribution in [1.29, 1.82) is 0 Å². The molecule has 3 rings (SSSR count). The fraction of sp³-hybridized carbons (Fsp3) is 0.286. The average molecular weight is 353 g/mol. The minimum absolute atomic E-state index is 0.0125. The Morgan fingerprint density at radius 2 is 2.12 bits per heavy atom. The van der Waals surface area contributed by atoms with Crippen molar-refractivity contribution in [2.45, 2.75) is 24.8 Å². The lowest BCUT2D eigenvalue weighted by atomic mass is 10.1. The molecule has 2 aromatic rings. The van der Waals surface area contributed by atoms with Gasteiger partial charge >= 0.3 is 6.43 Å². The number of hydrogen-bond acceptors (Lipinski definition) is 7. The Bertz CT molecular complexity index is 777. The number of nitrogens with zero attached hydrogens (tertiary/aromatic N) is 2. The van der Waals surface area contributed by atoms with E-state index in [0.717, 1.165) is 23.9 Å². The molecule has 1 fully saturated rings. The molecule has 2 heterocycles. The number of amides is 1. The number of aromatic nitrogens is 2. The minimum atomic E-state index is -3.29. The summed E-state index contributed by atoms with van der Waals surface area (Å²) < 4.78 is 25.5. The topological polar surface area (TPSA) is 110 Å². The number of carbonyl (C=O) groups is 2. The molecule has 1 aliphatic rings. The molecule has 126 valence electrons. The largest absolute Gasteiger partial charge is 0.344 e. The summed E-state index contributed by atoms with van der Waals surface area (Å²) in [5.74, 6) is 2.54. The molecule has 1 amide bonds. The quantitative estimate of drug-likeness (QED) is 0.315. The number of nitrogens with one attached hydrogen (secondary N) is 2. The van der Waals surface area contributed by atoms with Crippen LogP contribution >= 0.6 is 11.3 Å². The van der Waals surface area contributed by atoms with Crippen molar-refractivity contribution < 1.29 is 18.4 Å². The van der Waals surface area contributed by atoms with E-state index >= 15 is 0 Å². The van der Waals surface area contributed by atoms with Gasteiger partial charge in [0, 0.05) is 11.1 Å². The molecule has 1 aliphatic carbocycles. The fourth-order valence-electron chi connectivity index (χ4n) is 2.30. The van der Waals surface area contributed by atoms with Crippen LogP contribution in [0.3, 0.4) is 0 Å². The summed E-state index contributed by atoms with van der Waals surface area (Å²) >= 11 is 1.55. The summed E-state index contributed by atoms with van der Waals surface area (Å²) in [6.07, 6.45) is -0.609. The predicted molar refractivity (Wildman–Crippen MR) is 82.9 cm³/mol. The minimum Gasteiger partial charge on any atom is -0.344 e. The number of thiophene rings is 1. The second-order valence-electron chi connectivity index (χ2n) is 5.28. The lowest BCUT2D eigenvalue weighted by molar-refractivity contribution is 0.0669. The summed E-state index contributed by atoms with van der Waals surface area (Å²) in [7, 11) is 0. The number of Topliss-reactive ketones (excluding diaryl/α,β-unsaturated/α-hetero) is 1. The summed E-state index contributed by atoms with van der Waals surface area (Å²) in [6, 6.07) is 3.86. The molecule has 0 atom stereocenters. The number of hydrazine groups is 1. The summed E-state index contributed by atoms with van der Waals surface area (Å²) in [5, 5.41) is 5.01. The third-order valence-corrected chi connectivity index (χ3v) is 4.76. The Morgan fingerprint density at radius 1 is 1.38 bits per heavy atom. The zero-order valence-corrected chi connectivity index (χ0v) is 13.1. The van der Waals surface area contributed by atoms with E-state index in [9.17, 15) is 18.4 Å². The highest BCUT2D eigenvalue weighted by Gasteiger charge is 2.46. The molecule has 2 aromatic heterocycles. The van der Waals surface area contributed by atoms with Crippen LogP contribution in [0.5, 0.6) is 0 Å². The van der Waals surface area contributed by atoms with Gasteiger partial charge in [-0.3, -0.25) is 15.0 Å². The van der Waals surface area contributed by atoms with Crippen molar-refractivity contribution >= 4 is 29.0 Å². The zero-order valence-electron chi connectivity index (χ0n) is 12.3. The molecular formula is C14H13F2N5O2S. The van der Waals surface area contributed by atoms with E-state index in [-0.39, 0.29) is 11.5 Å². The normalized spacial score (nSPS) is 15.2. The van der Waals surface area contributed by atoms with Gasteiger partial charge in [0.15, 0.2) is 0 Å². The SMILES string of the molecule is NNC(=O)c1cnc(NC2(c3cccs3)CC2)nc1C(=O)C(F)F. The molecule has 10 heteroatoms. The number of rotatable bonds is 6. The summed E-state index contributed by atoms with van der Waals surface area (Å²) in [4.78, 5) is 32.1. The van der Waals surface area contributed by atoms with Gasteiger partial charge in [-0.05, 0) is 24.3 Å². The third kappa shape index (κ3) is 2.97. The van der Waals surface area contributed by atoms with Crippen LogP contribution in [-0.2, 0) is 5.54 Å². The number of nitrogens with two attached hydrogens (primary N) is 1. The molecule has 0 spiro atoms. The van der Waals surface area contributed by atoms with Gasteiger partial charge in [-0.25, -0.2) is 24.6 Å². The van der Waals surface area contributed by atoms with E-state index < -0.39 is 29.4 Å². The van der Waals surface area contributed by atoms with Gasteiger partial charge in [0.05, 0.1) is 11.1 Å². The van der Waals surface area contributed by atoms with Gasteiger partial charge in [-0.2, -0.15) is 0 Å². The fourth-order valence-corrected chi connectivity index (χ4v) is 3.24. The Hall–Kier alpha value is -2.46. The van der Waals surface area contributed by atoms with Crippen molar-refractivity contribution in [2.24, 2.45) is 5.84 Å². The molecule has 7 nitrogen and oxygen atoms in total. The first-order valence-corrected chi connectivity index (χ1v) is 7.87. The molecule has 0 aliphatic heterocycles. The number of hydrogen-bond donors (Lipinski definition) is 3. The van der Waals surface area contributed by atoms with E-state index in [2.05, 4.69) is 15.3 Å². The molecule has 4 N–H and O–H groups in total. The molecule has 0 saturated heterocycles. The lowest BCUT2D eigenvalue weighted by Gasteiger charge is -2.16. The van der Waals surface area contributed by atoms with E-state index in [1.54, 1.807) is 16.8 Å². The second-order valence-corrected chi connectivity index (χ2v) is 6.23. The van der Waals surface area contributed by atoms with Gasteiger partial charge in [0.25, 0.3) is 5.91 Å². The van der Waals surface area contributed by atoms with Crippen LogP contribution in [0.1, 0.15) is 38.6 Å². The summed E-state index contributed by atoms with van der Waals surface area (Å²) in [5.41, 5.74) is 0.379. The lowest BCUT2D eigenvalue weighted by Crippen LogP contribution is -2.33. The van der Waals surface area contributed by atoms with Crippen LogP contribution in [0.25, 0.3) is 0 Å². The second kappa shape index (κ2) is 6.21. The predicted octanol–water partition coefficient (Wildman–Crippen LogP) is 1.69. The number of anilines is 1. The first kappa shape index (κ1) is 16.4. The third-order valence-electron chi connectivity index (χ3n) is 3.69. The smallest absolute Gasteiger partial charge is 0.302 e. The van der Waals surface area contributed by atoms with Crippen molar-refractivity contribution in [1.82, 2.24) is 15.4 Å². The molecular weight excluding hydrogens is 340 g/mol. The number of ketones is 1. The van der Waals surface area contributed by atoms with E-state index in [4.69, 9.17) is 5.84 Å². The van der Waals surface area contributed by atoms with Gasteiger partial charge in [0.2, 0.25) is 11.7 Å². The van der Waals surface area contributed by atoms with Crippen LogP contribution in [0.2, 0.25) is 0 Å². The summed E-state index contributed by atoms with van der Waals surface area (Å²) in [6.45, 7) is 0. The van der Waals surface area contributed by atoms with Gasteiger partial charge in [0.1, 0.15) is 5.69 Å². The van der Waals surface area contributed by atoms with Crippen molar-refractivity contribution in [2.75, 3.05) is 5.32 Å². The zero-order chi connectivity index (χ0) is 17.3. The van der Waals surface area contributed by atoms with Crippen molar-refractivity contribution in [3.05, 3.63) is 39.8 Å². The van der Waals surface area contributed by atoms with Crippen LogP contribution in [0, 0.1) is 0 Å². The Balaban J connectivity index is 1.94. The Kier molecular flexibility index (Phi) is 4.24. The Morgan fingerprint density at radius 3 is 2.67 bits per heavy atom. The van der Waals surface area contributed by atoms with E-state index in [0.29, 0.717) is 0 Å². The first-order valence-electron chi connectivity index (χ1n) is 6.99. The molecule has 0 bridgehead atoms. The maximum atomic E-state index is 12.8. The molecule has 0 radical (unpaired) electrons. The highest BCUT2D eigenvalue weighted by molar-refractivity contribution is 7.10. The molecule has 24 heavy (non-hydrogen) atoms. The molecule has 0 unspecified atom stereocenters. The van der Waals surface area contributed by atoms with Gasteiger partial charge < -0.3 is 5.32 Å². The first-order chi connectivity index (χ1) is 11.5. The van der Waals surface area contributed by atoms with Gasteiger partial charge in [-0.1, -0.05) is 6.07 Å². The van der Waals surface area contributed by atoms with Crippen LogP contribution in [0.4, 0.5) is 14.7 Å². The average Bonchev–Trinajstić information content (AvgIpc) is 3.13. The monoisotopic (exact) mass is 353 g/mol. The number of halogens is 2. The molecule has 0 aromatic carbocycles. The number of nitrogen functional groups attached to an aromatic ring is 1. The van der Waals surface area contributed by atoms with Crippen LogP contribution in [-0.4, -0.2) is 28.1 Å². The maximum absolute atomic E-state index is 12.8. The van der Waals surface area contributed by atoms with Crippen LogP contribution < -0.4 is 16.6 Å². The van der Waals surface area contributed by atoms with E-state index in [1.807, 2.05) is 17.5 Å². The number of alkyl halides is 2. The standard InChI is InChI=1S/C14H13F2N5O2S/c15-11(16)10(22)9-7(12(23)21-17)6-18-13(19-9)20-14(3-4-14)8-2-1-5-24-8/h1-2,5-6,11H,3-4,17H2,(H,21,23)(H,18,19,20).